The molecule has 0 atom stereocenters. The fourth-order valence-electron chi connectivity index (χ4n) is 1.22. The molecule has 0 saturated carbocycles. The van der Waals surface area contributed by atoms with Crippen LogP contribution in [0.25, 0.3) is 0 Å². The first-order chi connectivity index (χ1) is 7.54. The summed E-state index contributed by atoms with van der Waals surface area (Å²) < 4.78 is 0. The minimum atomic E-state index is -0.805. The van der Waals surface area contributed by atoms with Gasteiger partial charge in [-0.2, -0.15) is 5.26 Å². The third-order valence-corrected chi connectivity index (χ3v) is 2.32. The lowest BCUT2D eigenvalue weighted by Gasteiger charge is -2.27. The van der Waals surface area contributed by atoms with E-state index in [-0.39, 0.29) is 13.2 Å². The number of aliphatic hydroxyl groups excluding tert-OH is 2. The average molecular weight is 221 g/mol. The van der Waals surface area contributed by atoms with E-state index in [1.807, 2.05) is 6.07 Å². The SMILES string of the molecule is CC(CO)(CO)Nc1ccc(C#N)c(N)c1. The zero-order chi connectivity index (χ0) is 12.2. The first kappa shape index (κ1) is 12.3. The number of nitrogens with zero attached hydrogens (tertiary/aromatic N) is 1. The molecule has 0 aliphatic rings. The van der Waals surface area contributed by atoms with Crippen molar-refractivity contribution in [3.8, 4) is 6.07 Å². The van der Waals surface area contributed by atoms with Gasteiger partial charge in [0.05, 0.1) is 30.0 Å². The van der Waals surface area contributed by atoms with E-state index in [9.17, 15) is 0 Å². The lowest BCUT2D eigenvalue weighted by molar-refractivity contribution is 0.147. The number of benzene rings is 1. The standard InChI is InChI=1S/C11H15N3O2/c1-11(6-15,7-16)14-9-3-2-8(5-12)10(13)4-9/h2-4,14-16H,6-7,13H2,1H3. The maximum absolute atomic E-state index is 9.11. The van der Waals surface area contributed by atoms with Gasteiger partial charge in [-0.15, -0.1) is 0 Å². The second-order valence-electron chi connectivity index (χ2n) is 3.92. The molecule has 0 aromatic heterocycles. The quantitative estimate of drug-likeness (QED) is 0.547. The average Bonchev–Trinajstić information content (AvgIpc) is 2.29. The van der Waals surface area contributed by atoms with Crippen molar-refractivity contribution in [2.24, 2.45) is 0 Å². The summed E-state index contributed by atoms with van der Waals surface area (Å²) in [6.07, 6.45) is 0. The number of nitrogens with one attached hydrogen (secondary N) is 1. The van der Waals surface area contributed by atoms with Crippen molar-refractivity contribution < 1.29 is 10.2 Å². The molecule has 86 valence electrons. The van der Waals surface area contributed by atoms with Crippen molar-refractivity contribution in [2.75, 3.05) is 24.3 Å². The molecule has 5 heteroatoms. The number of anilines is 2. The number of nitriles is 1. The molecule has 16 heavy (non-hydrogen) atoms. The van der Waals surface area contributed by atoms with Gasteiger partial charge in [0.15, 0.2) is 0 Å². The molecule has 0 spiro atoms. The van der Waals surface area contributed by atoms with Gasteiger partial charge < -0.3 is 21.3 Å². The Balaban J connectivity index is 2.91. The van der Waals surface area contributed by atoms with Crippen molar-refractivity contribution in [3.63, 3.8) is 0 Å². The van der Waals surface area contributed by atoms with Gasteiger partial charge in [-0.3, -0.25) is 0 Å². The van der Waals surface area contributed by atoms with E-state index in [1.54, 1.807) is 25.1 Å². The molecule has 1 aromatic carbocycles. The predicted molar refractivity (Wildman–Crippen MR) is 61.8 cm³/mol. The van der Waals surface area contributed by atoms with Crippen LogP contribution in [0.2, 0.25) is 0 Å². The van der Waals surface area contributed by atoms with Crippen LogP contribution in [0.4, 0.5) is 11.4 Å². The molecule has 1 aromatic rings. The highest BCUT2D eigenvalue weighted by Crippen LogP contribution is 2.20. The van der Waals surface area contributed by atoms with Gasteiger partial charge in [-0.05, 0) is 25.1 Å². The largest absolute Gasteiger partial charge is 0.398 e. The molecule has 0 amide bonds. The molecular formula is C11H15N3O2. The smallest absolute Gasteiger partial charge is 0.101 e. The molecule has 0 bridgehead atoms. The van der Waals surface area contributed by atoms with Crippen molar-refractivity contribution in [1.29, 1.82) is 5.26 Å². The topological polar surface area (TPSA) is 102 Å². The Morgan fingerprint density at radius 2 is 2.06 bits per heavy atom. The van der Waals surface area contributed by atoms with Crippen LogP contribution in [-0.4, -0.2) is 29.0 Å². The molecule has 0 aliphatic carbocycles. The lowest BCUT2D eigenvalue weighted by atomic mass is 10.0. The lowest BCUT2D eigenvalue weighted by Crippen LogP contribution is -2.42. The first-order valence-electron chi connectivity index (χ1n) is 4.84. The number of rotatable bonds is 4. The summed E-state index contributed by atoms with van der Waals surface area (Å²) in [7, 11) is 0. The number of nitrogen functional groups attached to an aromatic ring is 1. The fourth-order valence-corrected chi connectivity index (χ4v) is 1.22. The fraction of sp³-hybridized carbons (Fsp3) is 0.364. The van der Waals surface area contributed by atoms with Gasteiger partial charge in [0.1, 0.15) is 6.07 Å². The monoisotopic (exact) mass is 221 g/mol. The summed E-state index contributed by atoms with van der Waals surface area (Å²) in [6, 6.07) is 6.83. The van der Waals surface area contributed by atoms with E-state index in [4.69, 9.17) is 21.2 Å². The molecule has 0 aliphatic heterocycles. The van der Waals surface area contributed by atoms with E-state index in [2.05, 4.69) is 5.32 Å². The van der Waals surface area contributed by atoms with Crippen LogP contribution in [-0.2, 0) is 0 Å². The second kappa shape index (κ2) is 4.84. The zero-order valence-corrected chi connectivity index (χ0v) is 9.07. The molecule has 0 heterocycles. The zero-order valence-electron chi connectivity index (χ0n) is 9.07. The highest BCUT2D eigenvalue weighted by molar-refractivity contribution is 5.63. The van der Waals surface area contributed by atoms with E-state index in [0.717, 1.165) is 0 Å². The maximum Gasteiger partial charge on any atom is 0.101 e. The third-order valence-electron chi connectivity index (χ3n) is 2.32. The summed E-state index contributed by atoms with van der Waals surface area (Å²) in [5.74, 6) is 0. The van der Waals surface area contributed by atoms with Crippen molar-refractivity contribution in [1.82, 2.24) is 0 Å². The van der Waals surface area contributed by atoms with Gasteiger partial charge in [0.25, 0.3) is 0 Å². The summed E-state index contributed by atoms with van der Waals surface area (Å²) in [4.78, 5) is 0. The summed E-state index contributed by atoms with van der Waals surface area (Å²) in [5.41, 5.74) is 6.27. The van der Waals surface area contributed by atoms with Crippen LogP contribution in [0.15, 0.2) is 18.2 Å². The highest BCUT2D eigenvalue weighted by atomic mass is 16.3. The minimum absolute atomic E-state index is 0.205. The maximum atomic E-state index is 9.11. The van der Waals surface area contributed by atoms with Crippen LogP contribution in [0.5, 0.6) is 0 Å². The van der Waals surface area contributed by atoms with Gasteiger partial charge >= 0.3 is 0 Å². The molecule has 5 nitrogen and oxygen atoms in total. The number of hydrogen-bond donors (Lipinski definition) is 4. The van der Waals surface area contributed by atoms with Crippen LogP contribution in [0, 0.1) is 11.3 Å². The Labute approximate surface area is 94.1 Å². The molecule has 5 N–H and O–H groups in total. The van der Waals surface area contributed by atoms with Crippen LogP contribution >= 0.6 is 0 Å². The molecule has 0 radical (unpaired) electrons. The summed E-state index contributed by atoms with van der Waals surface area (Å²) in [6.45, 7) is 1.27. The van der Waals surface area contributed by atoms with E-state index in [1.165, 1.54) is 0 Å². The van der Waals surface area contributed by atoms with E-state index < -0.39 is 5.54 Å². The van der Waals surface area contributed by atoms with Gasteiger partial charge in [0, 0.05) is 5.69 Å². The van der Waals surface area contributed by atoms with Crippen molar-refractivity contribution in [2.45, 2.75) is 12.5 Å². The first-order valence-corrected chi connectivity index (χ1v) is 4.84. The Kier molecular flexibility index (Phi) is 3.72. The summed E-state index contributed by atoms with van der Waals surface area (Å²) in [5, 5.41) is 29.9. The molecule has 0 fully saturated rings. The number of aliphatic hydroxyl groups is 2. The number of nitrogens with two attached hydrogens (primary N) is 1. The van der Waals surface area contributed by atoms with E-state index >= 15 is 0 Å². The Morgan fingerprint density at radius 1 is 1.44 bits per heavy atom. The minimum Gasteiger partial charge on any atom is -0.398 e. The second-order valence-corrected chi connectivity index (χ2v) is 3.92. The van der Waals surface area contributed by atoms with Crippen LogP contribution in [0.1, 0.15) is 12.5 Å². The predicted octanol–water partition coefficient (Wildman–Crippen LogP) is 0.296. The Hall–Kier alpha value is -1.77. The number of hydrogen-bond acceptors (Lipinski definition) is 5. The van der Waals surface area contributed by atoms with Crippen molar-refractivity contribution >= 4 is 11.4 Å². The molecular weight excluding hydrogens is 206 g/mol. The van der Waals surface area contributed by atoms with Crippen molar-refractivity contribution in [3.05, 3.63) is 23.8 Å². The molecule has 0 unspecified atom stereocenters. The van der Waals surface area contributed by atoms with Crippen LogP contribution < -0.4 is 11.1 Å². The highest BCUT2D eigenvalue weighted by Gasteiger charge is 2.21. The molecule has 1 rings (SSSR count). The van der Waals surface area contributed by atoms with Gasteiger partial charge in [-0.25, -0.2) is 0 Å². The Bertz CT molecular complexity index is 408. The third kappa shape index (κ3) is 2.63. The van der Waals surface area contributed by atoms with Crippen LogP contribution in [0.3, 0.4) is 0 Å². The van der Waals surface area contributed by atoms with Gasteiger partial charge in [0.2, 0.25) is 0 Å². The van der Waals surface area contributed by atoms with Gasteiger partial charge in [-0.1, -0.05) is 0 Å². The van der Waals surface area contributed by atoms with E-state index in [0.29, 0.717) is 16.9 Å². The molecule has 0 saturated heterocycles. The summed E-state index contributed by atoms with van der Waals surface area (Å²) >= 11 is 0. The Morgan fingerprint density at radius 3 is 2.50 bits per heavy atom. The normalized spacial score (nSPS) is 10.9.